The molecule has 1 aliphatic rings. The van der Waals surface area contributed by atoms with E-state index in [-0.39, 0.29) is 6.10 Å². The van der Waals surface area contributed by atoms with Gasteiger partial charge in [-0.3, -0.25) is 4.99 Å². The van der Waals surface area contributed by atoms with Gasteiger partial charge in [0.2, 0.25) is 5.82 Å². The molecule has 1 aliphatic heterocycles. The third-order valence-corrected chi connectivity index (χ3v) is 5.68. The molecule has 0 saturated carbocycles. The van der Waals surface area contributed by atoms with Gasteiger partial charge in [-0.15, -0.1) is 0 Å². The van der Waals surface area contributed by atoms with Crippen LogP contribution in [0.5, 0.6) is 5.75 Å². The number of nitrogens with zero attached hydrogens (tertiary/aromatic N) is 4. The molecular weight excluding hydrogens is 402 g/mol. The van der Waals surface area contributed by atoms with Crippen LogP contribution in [-0.2, 0) is 19.4 Å². The maximum atomic E-state index is 5.88. The summed E-state index contributed by atoms with van der Waals surface area (Å²) in [5.41, 5.74) is 11.2. The number of benzene rings is 2. The van der Waals surface area contributed by atoms with Gasteiger partial charge in [0.25, 0.3) is 5.89 Å². The van der Waals surface area contributed by atoms with Crippen molar-refractivity contribution < 1.29 is 9.26 Å². The molecule has 2 heterocycles. The first kappa shape index (κ1) is 22.2. The zero-order valence-electron chi connectivity index (χ0n) is 18.9. The van der Waals surface area contributed by atoms with Gasteiger partial charge in [0.15, 0.2) is 0 Å². The van der Waals surface area contributed by atoms with E-state index >= 15 is 0 Å². The smallest absolute Gasteiger partial charge is 0.258 e. The van der Waals surface area contributed by atoms with Crippen LogP contribution in [-0.4, -0.2) is 54.0 Å². The first-order valence-corrected chi connectivity index (χ1v) is 11.2. The number of rotatable bonds is 8. The molecule has 0 saturated heterocycles. The SMILES string of the molecule is C=NCc1cc(-c2nc(-c3ccc4c(c3)CCN(CCN)CC4)no2)ccc1OC(C)C. The van der Waals surface area contributed by atoms with Crippen molar-refractivity contribution in [2.24, 2.45) is 10.7 Å². The summed E-state index contributed by atoms with van der Waals surface area (Å²) in [6.45, 7) is 11.8. The highest BCUT2D eigenvalue weighted by atomic mass is 16.5. The molecule has 0 spiro atoms. The van der Waals surface area contributed by atoms with Gasteiger partial charge in [0.05, 0.1) is 12.6 Å². The summed E-state index contributed by atoms with van der Waals surface area (Å²) in [6.07, 6.45) is 2.12. The molecule has 3 aromatic rings. The number of hydrogen-bond acceptors (Lipinski definition) is 7. The average Bonchev–Trinajstić information content (AvgIpc) is 3.18. The van der Waals surface area contributed by atoms with Crippen LogP contribution in [0.15, 0.2) is 45.9 Å². The van der Waals surface area contributed by atoms with Gasteiger partial charge < -0.3 is 19.9 Å². The fourth-order valence-electron chi connectivity index (χ4n) is 4.10. The fourth-order valence-corrected chi connectivity index (χ4v) is 4.10. The van der Waals surface area contributed by atoms with Crippen molar-refractivity contribution in [3.8, 4) is 28.6 Å². The predicted octanol–water partition coefficient (Wildman–Crippen LogP) is 3.75. The van der Waals surface area contributed by atoms with E-state index in [1.54, 1.807) is 0 Å². The Kier molecular flexibility index (Phi) is 6.97. The minimum Gasteiger partial charge on any atom is -0.491 e. The third kappa shape index (κ3) is 5.06. The molecule has 2 aromatic carbocycles. The first-order chi connectivity index (χ1) is 15.6. The van der Waals surface area contributed by atoms with Gasteiger partial charge in [0.1, 0.15) is 5.75 Å². The van der Waals surface area contributed by atoms with E-state index in [1.165, 1.54) is 11.1 Å². The molecular formula is C25H31N5O2. The molecule has 4 rings (SSSR count). The number of fused-ring (bicyclic) bond motifs is 1. The Balaban J connectivity index is 1.57. The second-order valence-electron chi connectivity index (χ2n) is 8.41. The van der Waals surface area contributed by atoms with Crippen LogP contribution in [0, 0.1) is 0 Å². The molecule has 2 N–H and O–H groups in total. The Morgan fingerprint density at radius 1 is 1.12 bits per heavy atom. The zero-order valence-corrected chi connectivity index (χ0v) is 18.9. The van der Waals surface area contributed by atoms with E-state index < -0.39 is 0 Å². The van der Waals surface area contributed by atoms with E-state index in [2.05, 4.69) is 44.9 Å². The first-order valence-electron chi connectivity index (χ1n) is 11.2. The Labute approximate surface area is 189 Å². The highest BCUT2D eigenvalue weighted by Gasteiger charge is 2.17. The summed E-state index contributed by atoms with van der Waals surface area (Å²) in [5, 5.41) is 4.25. The lowest BCUT2D eigenvalue weighted by Crippen LogP contribution is -2.31. The summed E-state index contributed by atoms with van der Waals surface area (Å²) in [7, 11) is 0. The van der Waals surface area contributed by atoms with Gasteiger partial charge in [-0.2, -0.15) is 4.98 Å². The van der Waals surface area contributed by atoms with Crippen molar-refractivity contribution in [2.45, 2.75) is 39.3 Å². The Morgan fingerprint density at radius 3 is 2.66 bits per heavy atom. The van der Waals surface area contributed by atoms with Crippen LogP contribution >= 0.6 is 0 Å². The van der Waals surface area contributed by atoms with Crippen molar-refractivity contribution in [2.75, 3.05) is 26.2 Å². The maximum Gasteiger partial charge on any atom is 0.258 e. The minimum atomic E-state index is 0.0787. The van der Waals surface area contributed by atoms with E-state index in [4.69, 9.17) is 15.0 Å². The van der Waals surface area contributed by atoms with Crippen LogP contribution in [0.3, 0.4) is 0 Å². The standard InChI is InChI=1S/C25H31N5O2/c1-17(2)31-23-7-6-21(15-22(23)16-27-3)25-28-24(29-32-25)20-5-4-18-8-11-30(13-10-26)12-9-19(18)14-20/h4-7,14-15,17H,3,8-13,16,26H2,1-2H3. The highest BCUT2D eigenvalue weighted by Crippen LogP contribution is 2.29. The highest BCUT2D eigenvalue weighted by molar-refractivity contribution is 5.63. The topological polar surface area (TPSA) is 89.8 Å². The molecule has 0 atom stereocenters. The van der Waals surface area contributed by atoms with Crippen molar-refractivity contribution in [1.29, 1.82) is 0 Å². The molecule has 32 heavy (non-hydrogen) atoms. The molecule has 168 valence electrons. The number of aromatic nitrogens is 2. The predicted molar refractivity (Wildman–Crippen MR) is 127 cm³/mol. The lowest BCUT2D eigenvalue weighted by atomic mass is 10.00. The molecule has 0 amide bonds. The Bertz CT molecular complexity index is 1080. The summed E-state index contributed by atoms with van der Waals surface area (Å²) in [5.74, 6) is 1.87. The second kappa shape index (κ2) is 10.1. The number of nitrogens with two attached hydrogens (primary N) is 1. The number of ether oxygens (including phenoxy) is 1. The summed E-state index contributed by atoms with van der Waals surface area (Å²) < 4.78 is 11.5. The van der Waals surface area contributed by atoms with E-state index in [0.717, 1.165) is 54.9 Å². The fraction of sp³-hybridized carbons (Fsp3) is 0.400. The van der Waals surface area contributed by atoms with E-state index in [1.807, 2.05) is 32.0 Å². The molecule has 0 fully saturated rings. The summed E-state index contributed by atoms with van der Waals surface area (Å²) >= 11 is 0. The molecule has 0 bridgehead atoms. The van der Waals surface area contributed by atoms with Gasteiger partial charge >= 0.3 is 0 Å². The molecule has 0 unspecified atom stereocenters. The number of aliphatic imine (C=N–C) groups is 1. The van der Waals surface area contributed by atoms with Gasteiger partial charge in [-0.05, 0) is 68.8 Å². The van der Waals surface area contributed by atoms with Crippen molar-refractivity contribution in [1.82, 2.24) is 15.0 Å². The Hall–Kier alpha value is -3.03. The second-order valence-corrected chi connectivity index (χ2v) is 8.41. The summed E-state index contributed by atoms with van der Waals surface area (Å²) in [6, 6.07) is 12.3. The summed E-state index contributed by atoms with van der Waals surface area (Å²) in [4.78, 5) is 11.1. The maximum absolute atomic E-state index is 5.88. The van der Waals surface area contributed by atoms with Gasteiger partial charge in [-0.25, -0.2) is 0 Å². The van der Waals surface area contributed by atoms with Crippen molar-refractivity contribution in [3.63, 3.8) is 0 Å². The molecule has 1 aromatic heterocycles. The normalized spacial score (nSPS) is 14.2. The molecule has 0 radical (unpaired) electrons. The van der Waals surface area contributed by atoms with Gasteiger partial charge in [0, 0.05) is 42.9 Å². The molecule has 7 nitrogen and oxygen atoms in total. The van der Waals surface area contributed by atoms with Crippen LogP contribution in [0.1, 0.15) is 30.5 Å². The van der Waals surface area contributed by atoms with Crippen LogP contribution in [0.4, 0.5) is 0 Å². The molecule has 0 aliphatic carbocycles. The van der Waals surface area contributed by atoms with E-state index in [9.17, 15) is 0 Å². The van der Waals surface area contributed by atoms with Gasteiger partial charge in [-0.1, -0.05) is 17.3 Å². The monoisotopic (exact) mass is 433 g/mol. The number of hydrogen-bond donors (Lipinski definition) is 1. The lowest BCUT2D eigenvalue weighted by molar-refractivity contribution is 0.240. The quantitative estimate of drug-likeness (QED) is 0.544. The van der Waals surface area contributed by atoms with E-state index in [0.29, 0.717) is 24.8 Å². The third-order valence-electron chi connectivity index (χ3n) is 5.68. The van der Waals surface area contributed by atoms with Crippen molar-refractivity contribution >= 4 is 6.72 Å². The average molecular weight is 434 g/mol. The Morgan fingerprint density at radius 2 is 1.91 bits per heavy atom. The zero-order chi connectivity index (χ0) is 22.5. The van der Waals surface area contributed by atoms with Crippen LogP contribution < -0.4 is 10.5 Å². The van der Waals surface area contributed by atoms with Crippen molar-refractivity contribution in [3.05, 3.63) is 53.1 Å². The largest absolute Gasteiger partial charge is 0.491 e. The molecule has 7 heteroatoms. The lowest BCUT2D eigenvalue weighted by Gasteiger charge is -2.17. The van der Waals surface area contributed by atoms with Crippen LogP contribution in [0.25, 0.3) is 22.8 Å². The van der Waals surface area contributed by atoms with Crippen LogP contribution in [0.2, 0.25) is 0 Å². The minimum absolute atomic E-state index is 0.0787.